The molecule has 34 heavy (non-hydrogen) atoms. The van der Waals surface area contributed by atoms with E-state index < -0.39 is 40.3 Å². The van der Waals surface area contributed by atoms with Gasteiger partial charge in [-0.1, -0.05) is 6.07 Å². The SMILES string of the molecule is Cl.Nc1cc(F)c(-c2c(F)cccc2F)nc1C(=O)Nc1cncnc1O[C@H]1CC[C@H](N)CC1. The Labute approximate surface area is 199 Å². The summed E-state index contributed by atoms with van der Waals surface area (Å²) in [4.78, 5) is 24.7. The molecule has 0 radical (unpaired) electrons. The second-order valence-corrected chi connectivity index (χ2v) is 7.70. The summed E-state index contributed by atoms with van der Waals surface area (Å²) in [5.41, 5.74) is 9.72. The van der Waals surface area contributed by atoms with Crippen LogP contribution in [0.1, 0.15) is 36.2 Å². The van der Waals surface area contributed by atoms with Gasteiger partial charge in [0.15, 0.2) is 11.5 Å². The number of nitrogens with zero attached hydrogens (tertiary/aromatic N) is 3. The van der Waals surface area contributed by atoms with Gasteiger partial charge in [-0.3, -0.25) is 4.79 Å². The number of nitrogens with two attached hydrogens (primary N) is 2. The van der Waals surface area contributed by atoms with Crippen LogP contribution in [-0.2, 0) is 0 Å². The molecule has 1 fully saturated rings. The van der Waals surface area contributed by atoms with Crippen LogP contribution in [0.3, 0.4) is 0 Å². The third-order valence-electron chi connectivity index (χ3n) is 5.34. The molecule has 0 bridgehead atoms. The van der Waals surface area contributed by atoms with E-state index in [-0.39, 0.29) is 41.8 Å². The largest absolute Gasteiger partial charge is 0.473 e. The lowest BCUT2D eigenvalue weighted by Gasteiger charge is -2.26. The summed E-state index contributed by atoms with van der Waals surface area (Å²) in [5.74, 6) is -3.85. The molecule has 2 heterocycles. The van der Waals surface area contributed by atoms with Gasteiger partial charge < -0.3 is 21.5 Å². The molecule has 2 aromatic heterocycles. The molecular formula is C22H22ClF3N6O2. The molecule has 180 valence electrons. The fourth-order valence-corrected chi connectivity index (χ4v) is 3.63. The third kappa shape index (κ3) is 5.37. The van der Waals surface area contributed by atoms with Crippen LogP contribution in [0.25, 0.3) is 11.3 Å². The molecule has 0 unspecified atom stereocenters. The van der Waals surface area contributed by atoms with Crippen molar-refractivity contribution in [2.75, 3.05) is 11.1 Å². The van der Waals surface area contributed by atoms with Gasteiger partial charge in [0.1, 0.15) is 35.4 Å². The van der Waals surface area contributed by atoms with Crippen LogP contribution in [0, 0.1) is 17.5 Å². The number of carbonyl (C=O) groups excluding carboxylic acids is 1. The van der Waals surface area contributed by atoms with E-state index >= 15 is 0 Å². The zero-order valence-electron chi connectivity index (χ0n) is 17.8. The minimum absolute atomic E-state index is 0. The van der Waals surface area contributed by atoms with Gasteiger partial charge in [0.2, 0.25) is 5.88 Å². The zero-order valence-corrected chi connectivity index (χ0v) is 18.6. The molecule has 1 saturated carbocycles. The lowest BCUT2D eigenvalue weighted by molar-refractivity contribution is 0.102. The number of hydrogen-bond donors (Lipinski definition) is 3. The third-order valence-corrected chi connectivity index (χ3v) is 5.34. The Morgan fingerprint density at radius 1 is 1.09 bits per heavy atom. The fourth-order valence-electron chi connectivity index (χ4n) is 3.63. The number of benzene rings is 1. The minimum Gasteiger partial charge on any atom is -0.473 e. The van der Waals surface area contributed by atoms with Crippen molar-refractivity contribution in [3.63, 3.8) is 0 Å². The highest BCUT2D eigenvalue weighted by Crippen LogP contribution is 2.30. The first-order chi connectivity index (χ1) is 15.8. The number of nitrogens with one attached hydrogen (secondary N) is 1. The molecule has 1 aliphatic rings. The number of rotatable bonds is 5. The lowest BCUT2D eigenvalue weighted by Crippen LogP contribution is -2.32. The first-order valence-corrected chi connectivity index (χ1v) is 10.3. The highest BCUT2D eigenvalue weighted by molar-refractivity contribution is 6.07. The van der Waals surface area contributed by atoms with Crippen molar-refractivity contribution in [1.29, 1.82) is 0 Å². The van der Waals surface area contributed by atoms with E-state index in [0.29, 0.717) is 0 Å². The number of halogens is 4. The van der Waals surface area contributed by atoms with Crippen molar-refractivity contribution in [3.05, 3.63) is 59.9 Å². The molecule has 0 spiro atoms. The highest BCUT2D eigenvalue weighted by atomic mass is 35.5. The Kier molecular flexibility index (Phi) is 7.90. The van der Waals surface area contributed by atoms with Crippen molar-refractivity contribution in [3.8, 4) is 17.1 Å². The first kappa shape index (κ1) is 25.2. The second-order valence-electron chi connectivity index (χ2n) is 7.70. The Hall–Kier alpha value is -3.44. The van der Waals surface area contributed by atoms with Gasteiger partial charge in [0.05, 0.1) is 17.4 Å². The van der Waals surface area contributed by atoms with Gasteiger partial charge in [0, 0.05) is 12.1 Å². The van der Waals surface area contributed by atoms with Gasteiger partial charge >= 0.3 is 0 Å². The molecule has 5 N–H and O–H groups in total. The maximum absolute atomic E-state index is 14.5. The normalized spacial score (nSPS) is 17.5. The van der Waals surface area contributed by atoms with E-state index in [9.17, 15) is 18.0 Å². The Morgan fingerprint density at radius 3 is 2.44 bits per heavy atom. The molecule has 3 aromatic rings. The van der Waals surface area contributed by atoms with Crippen LogP contribution in [0.2, 0.25) is 0 Å². The molecular weight excluding hydrogens is 473 g/mol. The van der Waals surface area contributed by atoms with Crippen molar-refractivity contribution >= 4 is 29.7 Å². The van der Waals surface area contributed by atoms with E-state index in [4.69, 9.17) is 16.2 Å². The maximum atomic E-state index is 14.5. The molecule has 1 aromatic carbocycles. The molecule has 0 saturated heterocycles. The summed E-state index contributed by atoms with van der Waals surface area (Å²) in [6.45, 7) is 0. The van der Waals surface area contributed by atoms with E-state index in [1.807, 2.05) is 0 Å². The van der Waals surface area contributed by atoms with E-state index in [0.717, 1.165) is 49.9 Å². The number of ether oxygens (including phenoxy) is 1. The van der Waals surface area contributed by atoms with Crippen LogP contribution in [-0.4, -0.2) is 33.0 Å². The number of nitrogen functional groups attached to an aromatic ring is 1. The van der Waals surface area contributed by atoms with Gasteiger partial charge in [0.25, 0.3) is 5.91 Å². The number of carbonyl (C=O) groups is 1. The fraction of sp³-hybridized carbons (Fsp3) is 0.273. The number of hydrogen-bond acceptors (Lipinski definition) is 7. The quantitative estimate of drug-likeness (QED) is 0.491. The second kappa shape index (κ2) is 10.7. The molecule has 4 rings (SSSR count). The van der Waals surface area contributed by atoms with Crippen LogP contribution >= 0.6 is 12.4 Å². The minimum atomic E-state index is -1.07. The van der Waals surface area contributed by atoms with Gasteiger partial charge in [-0.25, -0.2) is 23.1 Å². The average molecular weight is 495 g/mol. The van der Waals surface area contributed by atoms with Crippen LogP contribution < -0.4 is 21.5 Å². The summed E-state index contributed by atoms with van der Waals surface area (Å²) in [5, 5.41) is 2.53. The topological polar surface area (TPSA) is 129 Å². The van der Waals surface area contributed by atoms with Gasteiger partial charge in [-0.05, 0) is 37.8 Å². The standard InChI is InChI=1S/C22H21F3N6O2.ClH/c23-13-2-1-3-14(24)18(13)19-15(25)8-16(27)20(31-19)21(32)30-17-9-28-10-29-22(17)33-12-6-4-11(26)5-7-12;/h1-3,8-12H,4-7,26-27H2,(H,30,32);1H/t11-,12-;. The van der Waals surface area contributed by atoms with Crippen molar-refractivity contribution < 1.29 is 22.7 Å². The van der Waals surface area contributed by atoms with Gasteiger partial charge in [-0.2, -0.15) is 4.98 Å². The number of anilines is 2. The Bertz CT molecular complexity index is 1170. The summed E-state index contributed by atoms with van der Waals surface area (Å²) in [7, 11) is 0. The Morgan fingerprint density at radius 2 is 1.76 bits per heavy atom. The van der Waals surface area contributed by atoms with E-state index in [1.54, 1.807) is 0 Å². The van der Waals surface area contributed by atoms with Gasteiger partial charge in [-0.15, -0.1) is 12.4 Å². The monoisotopic (exact) mass is 494 g/mol. The molecule has 0 atom stereocenters. The van der Waals surface area contributed by atoms with Crippen LogP contribution in [0.15, 0.2) is 36.8 Å². The Balaban J connectivity index is 0.00000324. The average Bonchev–Trinajstić information content (AvgIpc) is 2.77. The lowest BCUT2D eigenvalue weighted by atomic mass is 9.94. The zero-order chi connectivity index (χ0) is 23.5. The summed E-state index contributed by atoms with van der Waals surface area (Å²) < 4.78 is 48.7. The van der Waals surface area contributed by atoms with Crippen LogP contribution in [0.5, 0.6) is 5.88 Å². The van der Waals surface area contributed by atoms with E-state index in [1.165, 1.54) is 12.5 Å². The summed E-state index contributed by atoms with van der Waals surface area (Å²) >= 11 is 0. The number of aromatic nitrogens is 3. The smallest absolute Gasteiger partial charge is 0.276 e. The predicted molar refractivity (Wildman–Crippen MR) is 122 cm³/mol. The molecule has 8 nitrogen and oxygen atoms in total. The molecule has 12 heteroatoms. The predicted octanol–water partition coefficient (Wildman–Crippen LogP) is 3.86. The number of pyridine rings is 1. The first-order valence-electron chi connectivity index (χ1n) is 10.3. The molecule has 1 aliphatic carbocycles. The summed E-state index contributed by atoms with van der Waals surface area (Å²) in [6, 6.07) is 3.97. The molecule has 1 amide bonds. The maximum Gasteiger partial charge on any atom is 0.276 e. The number of amides is 1. The molecule has 0 aliphatic heterocycles. The van der Waals surface area contributed by atoms with E-state index in [2.05, 4.69) is 20.3 Å². The van der Waals surface area contributed by atoms with Crippen molar-refractivity contribution in [2.24, 2.45) is 5.73 Å². The van der Waals surface area contributed by atoms with Crippen molar-refractivity contribution in [2.45, 2.75) is 37.8 Å². The summed E-state index contributed by atoms with van der Waals surface area (Å²) in [6.07, 6.45) is 5.56. The van der Waals surface area contributed by atoms with Crippen LogP contribution in [0.4, 0.5) is 24.5 Å². The van der Waals surface area contributed by atoms with Crippen molar-refractivity contribution in [1.82, 2.24) is 15.0 Å². The highest BCUT2D eigenvalue weighted by Gasteiger charge is 2.24.